The number of carbonyl (C=O) groups excluding carboxylic acids is 1. The van der Waals surface area contributed by atoms with Gasteiger partial charge in [0.25, 0.3) is 0 Å². The predicted molar refractivity (Wildman–Crippen MR) is 169 cm³/mol. The van der Waals surface area contributed by atoms with Gasteiger partial charge in [0, 0.05) is 48.2 Å². The number of nitrogens with one attached hydrogen (secondary N) is 1. The molecule has 0 aliphatic carbocycles. The minimum atomic E-state index is -0.804. The number of carbonyl (C=O) groups is 1. The zero-order valence-electron chi connectivity index (χ0n) is 25.7. The average Bonchev–Trinajstić information content (AvgIpc) is 3.76. The molecule has 14 heteroatoms. The number of nitriles is 1. The number of piperidine rings is 1. The number of aromatic nitrogens is 3. The van der Waals surface area contributed by atoms with E-state index >= 15 is 8.78 Å². The van der Waals surface area contributed by atoms with E-state index in [1.165, 1.54) is 0 Å². The summed E-state index contributed by atoms with van der Waals surface area (Å²) in [7, 11) is 0. The summed E-state index contributed by atoms with van der Waals surface area (Å²) < 4.78 is 43.2. The Balaban J connectivity index is 1.32. The monoisotopic (exact) mass is 649 g/mol. The molecule has 0 unspecified atom stereocenters. The van der Waals surface area contributed by atoms with E-state index in [1.807, 2.05) is 4.90 Å². The van der Waals surface area contributed by atoms with Crippen molar-refractivity contribution in [2.75, 3.05) is 36.4 Å². The highest BCUT2D eigenvalue weighted by atomic mass is 32.1. The van der Waals surface area contributed by atoms with Gasteiger partial charge in [0.15, 0.2) is 11.6 Å². The third kappa shape index (κ3) is 5.41. The maximum atomic E-state index is 16.9. The Kier molecular flexibility index (Phi) is 7.75. The van der Waals surface area contributed by atoms with Gasteiger partial charge in [-0.15, -0.1) is 11.3 Å². The van der Waals surface area contributed by atoms with Gasteiger partial charge in [-0.1, -0.05) is 0 Å². The van der Waals surface area contributed by atoms with E-state index in [0.29, 0.717) is 42.1 Å². The standard InChI is InChI=1S/C32H33F2N7O4S/c1-32(2,3)45-31(43)39-29-18(9-35)24-27(36-11-22(33)28(24)46-29)23-21-15-44-14-20(21)19-10-37-30(38-26(19)25(23)34)41-8-6-16(12-41)40-7-4-5-17(42)13-40/h10-11,16-17,42H,4-8,12-15H2,1-3H3,(H,39,43)/t16-,17+/m1/s1. The van der Waals surface area contributed by atoms with Crippen molar-refractivity contribution in [1.82, 2.24) is 19.9 Å². The molecular formula is C32H33F2N7O4S. The molecule has 0 radical (unpaired) electrons. The summed E-state index contributed by atoms with van der Waals surface area (Å²) in [5.41, 5.74) is 0.619. The van der Waals surface area contributed by atoms with Gasteiger partial charge in [0.05, 0.1) is 41.5 Å². The molecule has 2 saturated heterocycles. The Morgan fingerprint density at radius 1 is 1.17 bits per heavy atom. The lowest BCUT2D eigenvalue weighted by molar-refractivity contribution is 0.0513. The van der Waals surface area contributed by atoms with Crippen molar-refractivity contribution < 1.29 is 28.2 Å². The number of hydrogen-bond donors (Lipinski definition) is 2. The normalized spacial score (nSPS) is 20.3. The summed E-state index contributed by atoms with van der Waals surface area (Å²) in [6.07, 6.45) is 4.13. The molecule has 7 rings (SSSR count). The molecular weight excluding hydrogens is 616 g/mol. The highest BCUT2D eigenvalue weighted by molar-refractivity contribution is 7.23. The van der Waals surface area contributed by atoms with Crippen molar-refractivity contribution in [1.29, 1.82) is 5.26 Å². The highest BCUT2D eigenvalue weighted by Crippen LogP contribution is 2.46. The molecule has 0 saturated carbocycles. The van der Waals surface area contributed by atoms with Crippen LogP contribution in [-0.2, 0) is 22.7 Å². The molecule has 46 heavy (non-hydrogen) atoms. The first kappa shape index (κ1) is 30.6. The second-order valence-electron chi connectivity index (χ2n) is 13.0. The molecule has 0 bridgehead atoms. The number of fused-ring (bicyclic) bond motifs is 4. The van der Waals surface area contributed by atoms with Gasteiger partial charge < -0.3 is 19.5 Å². The van der Waals surface area contributed by atoms with Crippen LogP contribution in [0.1, 0.15) is 56.7 Å². The Morgan fingerprint density at radius 2 is 1.98 bits per heavy atom. The van der Waals surface area contributed by atoms with Crippen LogP contribution in [0.3, 0.4) is 0 Å². The molecule has 2 atom stereocenters. The second kappa shape index (κ2) is 11.6. The molecule has 2 N–H and O–H groups in total. The van der Waals surface area contributed by atoms with Gasteiger partial charge in [-0.2, -0.15) is 5.26 Å². The number of aliphatic hydroxyl groups excluding tert-OH is 1. The fraction of sp³-hybridized carbons (Fsp3) is 0.469. The van der Waals surface area contributed by atoms with Crippen molar-refractivity contribution >= 4 is 49.4 Å². The van der Waals surface area contributed by atoms with Gasteiger partial charge in [0.1, 0.15) is 22.2 Å². The number of nitrogens with zero attached hydrogens (tertiary/aromatic N) is 6. The van der Waals surface area contributed by atoms with Crippen LogP contribution in [0.15, 0.2) is 12.4 Å². The van der Waals surface area contributed by atoms with Crippen molar-refractivity contribution in [3.05, 3.63) is 40.7 Å². The van der Waals surface area contributed by atoms with Crippen LogP contribution >= 0.6 is 11.3 Å². The lowest BCUT2D eigenvalue weighted by atomic mass is 9.94. The summed E-state index contributed by atoms with van der Waals surface area (Å²) in [5.74, 6) is -0.985. The number of hydrogen-bond acceptors (Lipinski definition) is 11. The molecule has 11 nitrogen and oxygen atoms in total. The molecule has 3 aliphatic heterocycles. The Hall–Kier alpha value is -4.03. The number of benzene rings is 1. The van der Waals surface area contributed by atoms with Crippen LogP contribution in [0.4, 0.5) is 24.5 Å². The maximum Gasteiger partial charge on any atom is 0.412 e. The first-order chi connectivity index (χ1) is 22.0. The summed E-state index contributed by atoms with van der Waals surface area (Å²) >= 11 is 0.857. The van der Waals surface area contributed by atoms with Crippen LogP contribution in [0.5, 0.6) is 0 Å². The lowest BCUT2D eigenvalue weighted by Crippen LogP contribution is -2.45. The summed E-state index contributed by atoms with van der Waals surface area (Å²) in [5, 5.41) is 23.6. The summed E-state index contributed by atoms with van der Waals surface area (Å²) in [6.45, 7) is 8.32. The number of halogens is 2. The van der Waals surface area contributed by atoms with Gasteiger partial charge >= 0.3 is 6.09 Å². The van der Waals surface area contributed by atoms with E-state index < -0.39 is 23.3 Å². The van der Waals surface area contributed by atoms with Crippen LogP contribution in [0, 0.1) is 23.0 Å². The number of ether oxygens (including phenoxy) is 2. The topological polar surface area (TPSA) is 137 Å². The van der Waals surface area contributed by atoms with Crippen molar-refractivity contribution in [3.63, 3.8) is 0 Å². The summed E-state index contributed by atoms with van der Waals surface area (Å²) in [6, 6.07) is 2.30. The van der Waals surface area contributed by atoms with Crippen LogP contribution in [0.25, 0.3) is 32.2 Å². The fourth-order valence-electron chi connectivity index (χ4n) is 6.69. The highest BCUT2D eigenvalue weighted by Gasteiger charge is 2.34. The van der Waals surface area contributed by atoms with Crippen molar-refractivity contribution in [2.45, 2.75) is 71.0 Å². The fourth-order valence-corrected chi connectivity index (χ4v) is 7.73. The zero-order chi connectivity index (χ0) is 32.3. The Bertz CT molecular complexity index is 1920. The summed E-state index contributed by atoms with van der Waals surface area (Å²) in [4.78, 5) is 30.6. The maximum absolute atomic E-state index is 16.9. The van der Waals surface area contributed by atoms with E-state index in [9.17, 15) is 15.2 Å². The van der Waals surface area contributed by atoms with Crippen LogP contribution in [0.2, 0.25) is 0 Å². The zero-order valence-corrected chi connectivity index (χ0v) is 26.5. The molecule has 1 aromatic carbocycles. The molecule has 0 spiro atoms. The number of aliphatic hydroxyl groups is 1. The third-order valence-electron chi connectivity index (χ3n) is 8.71. The van der Waals surface area contributed by atoms with Crippen LogP contribution < -0.4 is 10.2 Å². The second-order valence-corrected chi connectivity index (χ2v) is 14.0. The molecule has 4 aromatic rings. The molecule has 1 amide bonds. The Morgan fingerprint density at radius 3 is 2.74 bits per heavy atom. The number of β-amino-alcohol motifs (C(OH)–C–C–N with tert-alkyl or cyclic N) is 1. The molecule has 6 heterocycles. The first-order valence-corrected chi connectivity index (χ1v) is 16.1. The molecule has 2 fully saturated rings. The largest absolute Gasteiger partial charge is 0.444 e. The Labute approximate surface area is 267 Å². The third-order valence-corrected chi connectivity index (χ3v) is 9.82. The van der Waals surface area contributed by atoms with E-state index in [-0.39, 0.29) is 62.8 Å². The quantitative estimate of drug-likeness (QED) is 0.293. The minimum absolute atomic E-state index is 0.0469. The average molecular weight is 650 g/mol. The van der Waals surface area contributed by atoms with Gasteiger partial charge in [-0.25, -0.2) is 23.5 Å². The van der Waals surface area contributed by atoms with E-state index in [2.05, 4.69) is 26.3 Å². The van der Waals surface area contributed by atoms with E-state index in [4.69, 9.17) is 14.5 Å². The number of thiophene rings is 1. The van der Waals surface area contributed by atoms with E-state index in [1.54, 1.807) is 27.0 Å². The number of anilines is 2. The number of amides is 1. The first-order valence-electron chi connectivity index (χ1n) is 15.3. The SMILES string of the molecule is CC(C)(C)OC(=O)Nc1sc2c(F)cnc(-c3c4c(c5cnc(N6CC[C@@H](N7CCC[C@H](O)C7)C6)nc5c3F)COC4)c2c1C#N. The predicted octanol–water partition coefficient (Wildman–Crippen LogP) is 5.47. The van der Waals surface area contributed by atoms with Gasteiger partial charge in [0.2, 0.25) is 5.95 Å². The van der Waals surface area contributed by atoms with Crippen LogP contribution in [-0.4, -0.2) is 75.0 Å². The smallest absolute Gasteiger partial charge is 0.412 e. The van der Waals surface area contributed by atoms with Crippen molar-refractivity contribution in [2.24, 2.45) is 0 Å². The van der Waals surface area contributed by atoms with E-state index in [0.717, 1.165) is 43.3 Å². The lowest BCUT2D eigenvalue weighted by Gasteiger charge is -2.34. The molecule has 240 valence electrons. The molecule has 3 aliphatic rings. The number of rotatable bonds is 4. The minimum Gasteiger partial charge on any atom is -0.444 e. The molecule has 3 aromatic heterocycles. The van der Waals surface area contributed by atoms with Gasteiger partial charge in [-0.05, 0) is 57.7 Å². The number of pyridine rings is 1. The number of likely N-dealkylation sites (tertiary alicyclic amines) is 1. The van der Waals surface area contributed by atoms with Crippen molar-refractivity contribution in [3.8, 4) is 17.3 Å². The van der Waals surface area contributed by atoms with Gasteiger partial charge in [-0.3, -0.25) is 15.2 Å².